The SMILES string of the molecule is CC1(C)C=C2[C@H]3CC[C@@H]4[C@@]5(C)C[C@@H](O)[C@@H](O)C(C)(C)C5CC[C@@]4(C)[C@]3(C)CC[C@@]2(C)CC1. The smallest absolute Gasteiger partial charge is 0.0852 e. The first-order chi connectivity index (χ1) is 14.6. The Morgan fingerprint density at radius 2 is 1.38 bits per heavy atom. The summed E-state index contributed by atoms with van der Waals surface area (Å²) < 4.78 is 0. The molecule has 4 fully saturated rings. The molecule has 0 spiro atoms. The van der Waals surface area contributed by atoms with E-state index in [2.05, 4.69) is 61.5 Å². The first-order valence-electron chi connectivity index (χ1n) is 13.7. The third-order valence-corrected chi connectivity index (χ3v) is 12.9. The van der Waals surface area contributed by atoms with Crippen LogP contribution < -0.4 is 0 Å². The van der Waals surface area contributed by atoms with Crippen LogP contribution in [-0.4, -0.2) is 22.4 Å². The van der Waals surface area contributed by atoms with Crippen molar-refractivity contribution < 1.29 is 10.2 Å². The van der Waals surface area contributed by atoms with E-state index in [1.165, 1.54) is 51.4 Å². The fraction of sp³-hybridized carbons (Fsp3) is 0.933. The average Bonchev–Trinajstić information content (AvgIpc) is 2.68. The van der Waals surface area contributed by atoms with Crippen LogP contribution in [0.25, 0.3) is 0 Å². The van der Waals surface area contributed by atoms with E-state index in [0.29, 0.717) is 39.4 Å². The maximum Gasteiger partial charge on any atom is 0.0852 e. The molecule has 2 nitrogen and oxygen atoms in total. The van der Waals surface area contributed by atoms with Gasteiger partial charge in [0.15, 0.2) is 0 Å². The molecule has 32 heavy (non-hydrogen) atoms. The number of rotatable bonds is 0. The summed E-state index contributed by atoms with van der Waals surface area (Å²) in [5.41, 5.74) is 3.11. The lowest BCUT2D eigenvalue weighted by molar-refractivity contribution is -0.250. The zero-order valence-corrected chi connectivity index (χ0v) is 22.2. The van der Waals surface area contributed by atoms with Crippen LogP contribution in [0.3, 0.4) is 0 Å². The number of allylic oxidation sites excluding steroid dienone is 2. The monoisotopic (exact) mass is 442 g/mol. The standard InChI is InChI=1S/C30H50O2/c1-25(2)13-14-27(5)15-16-29(7)19(20(27)17-25)9-10-23-28(6)18-21(31)24(32)26(3,4)22(28)11-12-30(23,29)8/h17,19,21-24,31-32H,9-16,18H2,1-8H3/t19-,21-,22?,23-,24-,27-,28+,29-,30-/m1/s1. The van der Waals surface area contributed by atoms with E-state index in [1.807, 2.05) is 5.57 Å². The molecule has 2 N–H and O–H groups in total. The van der Waals surface area contributed by atoms with Crippen molar-refractivity contribution in [3.63, 3.8) is 0 Å². The zero-order chi connectivity index (χ0) is 23.5. The molecule has 0 aromatic rings. The van der Waals surface area contributed by atoms with Crippen molar-refractivity contribution in [2.75, 3.05) is 0 Å². The van der Waals surface area contributed by atoms with Crippen molar-refractivity contribution in [2.24, 2.45) is 50.2 Å². The van der Waals surface area contributed by atoms with Crippen LogP contribution in [-0.2, 0) is 0 Å². The molecule has 0 radical (unpaired) electrons. The predicted octanol–water partition coefficient (Wildman–Crippen LogP) is 7.14. The summed E-state index contributed by atoms with van der Waals surface area (Å²) in [5.74, 6) is 1.85. The first kappa shape index (κ1) is 23.4. The lowest BCUT2D eigenvalue weighted by Gasteiger charge is -2.72. The quantitative estimate of drug-likeness (QED) is 0.391. The highest BCUT2D eigenvalue weighted by atomic mass is 16.3. The van der Waals surface area contributed by atoms with Gasteiger partial charge in [-0.15, -0.1) is 0 Å². The Balaban J connectivity index is 1.57. The summed E-state index contributed by atoms with van der Waals surface area (Å²) in [7, 11) is 0. The maximum atomic E-state index is 11.0. The third-order valence-electron chi connectivity index (χ3n) is 12.9. The molecule has 0 aromatic heterocycles. The van der Waals surface area contributed by atoms with E-state index in [1.54, 1.807) is 0 Å². The second-order valence-corrected chi connectivity index (χ2v) is 15.3. The minimum Gasteiger partial charge on any atom is -0.390 e. The number of aliphatic hydroxyl groups is 2. The maximum absolute atomic E-state index is 11.0. The van der Waals surface area contributed by atoms with Crippen molar-refractivity contribution in [3.05, 3.63) is 11.6 Å². The van der Waals surface area contributed by atoms with Crippen molar-refractivity contribution in [2.45, 2.75) is 125 Å². The lowest BCUT2D eigenvalue weighted by atomic mass is 9.32. The van der Waals surface area contributed by atoms with E-state index < -0.39 is 12.2 Å². The molecular formula is C30H50O2. The molecule has 9 atom stereocenters. The van der Waals surface area contributed by atoms with Gasteiger partial charge in [0.05, 0.1) is 12.2 Å². The minimum atomic E-state index is -0.595. The highest BCUT2D eigenvalue weighted by Crippen LogP contribution is 2.76. The topological polar surface area (TPSA) is 40.5 Å². The van der Waals surface area contributed by atoms with Crippen molar-refractivity contribution in [1.29, 1.82) is 0 Å². The van der Waals surface area contributed by atoms with Crippen molar-refractivity contribution >= 4 is 0 Å². The number of fused-ring (bicyclic) bond motifs is 7. The van der Waals surface area contributed by atoms with Crippen LogP contribution in [0.4, 0.5) is 0 Å². The predicted molar refractivity (Wildman–Crippen MR) is 132 cm³/mol. The molecule has 0 amide bonds. The van der Waals surface area contributed by atoms with Crippen LogP contribution >= 0.6 is 0 Å². The second kappa shape index (κ2) is 6.66. The molecule has 1 unspecified atom stereocenters. The summed E-state index contributed by atoms with van der Waals surface area (Å²) in [6, 6.07) is 0. The Morgan fingerprint density at radius 1 is 0.719 bits per heavy atom. The average molecular weight is 443 g/mol. The molecule has 0 saturated heterocycles. The molecule has 4 saturated carbocycles. The van der Waals surface area contributed by atoms with Gasteiger partial charge in [0, 0.05) is 0 Å². The van der Waals surface area contributed by atoms with Crippen molar-refractivity contribution in [1.82, 2.24) is 0 Å². The lowest BCUT2D eigenvalue weighted by Crippen LogP contribution is -2.67. The first-order valence-corrected chi connectivity index (χ1v) is 13.7. The summed E-state index contributed by atoms with van der Waals surface area (Å²) in [6.07, 6.45) is 12.8. The molecule has 5 aliphatic carbocycles. The summed E-state index contributed by atoms with van der Waals surface area (Å²) in [4.78, 5) is 0. The van der Waals surface area contributed by atoms with E-state index in [0.717, 1.165) is 6.42 Å². The second-order valence-electron chi connectivity index (χ2n) is 15.3. The van der Waals surface area contributed by atoms with E-state index in [-0.39, 0.29) is 10.8 Å². The molecule has 0 aliphatic heterocycles. The Bertz CT molecular complexity index is 825. The molecule has 0 bridgehead atoms. The van der Waals surface area contributed by atoms with Gasteiger partial charge >= 0.3 is 0 Å². The molecule has 5 aliphatic rings. The van der Waals surface area contributed by atoms with Crippen LogP contribution in [0.5, 0.6) is 0 Å². The zero-order valence-electron chi connectivity index (χ0n) is 22.2. The largest absolute Gasteiger partial charge is 0.390 e. The van der Waals surface area contributed by atoms with Gasteiger partial charge in [0.2, 0.25) is 0 Å². The van der Waals surface area contributed by atoms with Gasteiger partial charge in [-0.1, -0.05) is 67.0 Å². The molecule has 182 valence electrons. The Kier molecular flexibility index (Phi) is 4.87. The number of hydrogen-bond donors (Lipinski definition) is 2. The van der Waals surface area contributed by atoms with Crippen LogP contribution in [0.2, 0.25) is 0 Å². The Labute approximate surface area is 197 Å². The molecule has 0 heterocycles. The highest BCUT2D eigenvalue weighted by molar-refractivity contribution is 5.31. The van der Waals surface area contributed by atoms with Gasteiger partial charge in [-0.25, -0.2) is 0 Å². The molecule has 2 heteroatoms. The van der Waals surface area contributed by atoms with Gasteiger partial charge in [0.1, 0.15) is 0 Å². The van der Waals surface area contributed by atoms with Crippen molar-refractivity contribution in [3.8, 4) is 0 Å². The van der Waals surface area contributed by atoms with Crippen LogP contribution in [0.1, 0.15) is 113 Å². The van der Waals surface area contributed by atoms with Gasteiger partial charge in [-0.2, -0.15) is 0 Å². The highest BCUT2D eigenvalue weighted by Gasteiger charge is 2.69. The van der Waals surface area contributed by atoms with E-state index in [9.17, 15) is 10.2 Å². The summed E-state index contributed by atoms with van der Waals surface area (Å²) >= 11 is 0. The molecule has 5 rings (SSSR count). The number of aliphatic hydroxyl groups excluding tert-OH is 2. The number of hydrogen-bond acceptors (Lipinski definition) is 2. The van der Waals surface area contributed by atoms with E-state index >= 15 is 0 Å². The van der Waals surface area contributed by atoms with Crippen LogP contribution in [0, 0.1) is 50.2 Å². The van der Waals surface area contributed by atoms with E-state index in [4.69, 9.17) is 0 Å². The summed E-state index contributed by atoms with van der Waals surface area (Å²) in [5, 5.41) is 21.9. The normalized spacial score (nSPS) is 56.2. The van der Waals surface area contributed by atoms with Crippen LogP contribution in [0.15, 0.2) is 11.6 Å². The molecular weight excluding hydrogens is 392 g/mol. The third kappa shape index (κ3) is 2.78. The Hall–Kier alpha value is -0.340. The Morgan fingerprint density at radius 3 is 2.06 bits per heavy atom. The van der Waals surface area contributed by atoms with Gasteiger partial charge in [0.25, 0.3) is 0 Å². The fourth-order valence-electron chi connectivity index (χ4n) is 10.8. The fourth-order valence-corrected chi connectivity index (χ4v) is 10.8. The minimum absolute atomic E-state index is 0.115. The van der Waals surface area contributed by atoms with Gasteiger partial charge < -0.3 is 10.2 Å². The van der Waals surface area contributed by atoms with Gasteiger partial charge in [-0.05, 0) is 108 Å². The van der Waals surface area contributed by atoms with Gasteiger partial charge in [-0.3, -0.25) is 0 Å². The molecule has 0 aromatic carbocycles. The summed E-state index contributed by atoms with van der Waals surface area (Å²) in [6.45, 7) is 19.7.